The number of benzene rings is 2. The molecule has 5 nitrogen and oxygen atoms in total. The molecule has 3 aromatic rings. The van der Waals surface area contributed by atoms with Crippen molar-refractivity contribution >= 4 is 16.9 Å². The van der Waals surface area contributed by atoms with Crippen molar-refractivity contribution in [1.82, 2.24) is 15.3 Å². The van der Waals surface area contributed by atoms with Gasteiger partial charge in [0.2, 0.25) is 5.91 Å². The van der Waals surface area contributed by atoms with Crippen molar-refractivity contribution in [3.8, 4) is 5.75 Å². The number of aromatic nitrogens is 2. The lowest BCUT2D eigenvalue weighted by atomic mass is 9.80. The molecule has 1 heterocycles. The van der Waals surface area contributed by atoms with E-state index in [0.29, 0.717) is 19.1 Å². The van der Waals surface area contributed by atoms with E-state index in [-0.39, 0.29) is 11.8 Å². The first-order valence-corrected chi connectivity index (χ1v) is 10.6. The van der Waals surface area contributed by atoms with Gasteiger partial charge in [0, 0.05) is 24.4 Å². The summed E-state index contributed by atoms with van der Waals surface area (Å²) in [5.41, 5.74) is 3.16. The summed E-state index contributed by atoms with van der Waals surface area (Å²) in [5.74, 6) is 2.79. The van der Waals surface area contributed by atoms with Gasteiger partial charge in [-0.3, -0.25) is 4.79 Å². The maximum atomic E-state index is 12.7. The second-order valence-corrected chi connectivity index (χ2v) is 7.88. The van der Waals surface area contributed by atoms with Gasteiger partial charge in [0.25, 0.3) is 0 Å². The van der Waals surface area contributed by atoms with Crippen molar-refractivity contribution in [2.24, 2.45) is 11.8 Å². The highest BCUT2D eigenvalue weighted by Gasteiger charge is 2.27. The number of hydrogen-bond acceptors (Lipinski definition) is 3. The van der Waals surface area contributed by atoms with E-state index in [0.717, 1.165) is 60.3 Å². The first-order chi connectivity index (χ1) is 14.2. The fraction of sp³-hybridized carbons (Fsp3) is 0.417. The van der Waals surface area contributed by atoms with Crippen molar-refractivity contribution in [2.75, 3.05) is 6.61 Å². The molecule has 1 saturated carbocycles. The molecule has 0 atom stereocenters. The number of carbonyl (C=O) groups is 1. The van der Waals surface area contributed by atoms with Crippen LogP contribution < -0.4 is 10.1 Å². The Morgan fingerprint density at radius 3 is 2.66 bits per heavy atom. The monoisotopic (exact) mass is 391 g/mol. The number of ether oxygens (including phenoxy) is 1. The van der Waals surface area contributed by atoms with Crippen LogP contribution in [0.4, 0.5) is 0 Å². The van der Waals surface area contributed by atoms with Crippen LogP contribution in [-0.2, 0) is 17.8 Å². The number of nitrogens with one attached hydrogen (secondary N) is 2. The van der Waals surface area contributed by atoms with Crippen LogP contribution in [-0.4, -0.2) is 22.5 Å². The zero-order valence-corrected chi connectivity index (χ0v) is 17.0. The Morgan fingerprint density at radius 1 is 1.10 bits per heavy atom. The van der Waals surface area contributed by atoms with Crippen LogP contribution in [0.15, 0.2) is 48.5 Å². The molecule has 1 amide bonds. The van der Waals surface area contributed by atoms with Gasteiger partial charge >= 0.3 is 0 Å². The Morgan fingerprint density at radius 2 is 1.86 bits per heavy atom. The van der Waals surface area contributed by atoms with Crippen molar-refractivity contribution in [3.05, 3.63) is 59.9 Å². The quantitative estimate of drug-likeness (QED) is 0.617. The number of H-pyrrole nitrogens is 1. The van der Waals surface area contributed by atoms with Crippen molar-refractivity contribution in [1.29, 1.82) is 0 Å². The van der Waals surface area contributed by atoms with Crippen LogP contribution in [0.5, 0.6) is 5.75 Å². The zero-order chi connectivity index (χ0) is 20.1. The average molecular weight is 392 g/mol. The third-order valence-electron chi connectivity index (χ3n) is 5.86. The molecule has 152 valence electrons. The smallest absolute Gasteiger partial charge is 0.223 e. The summed E-state index contributed by atoms with van der Waals surface area (Å²) in [4.78, 5) is 20.8. The highest BCUT2D eigenvalue weighted by molar-refractivity contribution is 5.78. The maximum Gasteiger partial charge on any atom is 0.223 e. The Hall–Kier alpha value is -2.82. The minimum absolute atomic E-state index is 0.112. The van der Waals surface area contributed by atoms with Gasteiger partial charge in [-0.25, -0.2) is 4.98 Å². The van der Waals surface area contributed by atoms with Crippen LogP contribution >= 0.6 is 0 Å². The second kappa shape index (κ2) is 9.12. The molecule has 1 fully saturated rings. The highest BCUT2D eigenvalue weighted by atomic mass is 16.5. The van der Waals surface area contributed by atoms with Gasteiger partial charge in [-0.15, -0.1) is 0 Å². The largest absolute Gasteiger partial charge is 0.494 e. The van der Waals surface area contributed by atoms with Gasteiger partial charge < -0.3 is 15.0 Å². The molecule has 0 bridgehead atoms. The first-order valence-electron chi connectivity index (χ1n) is 10.6. The molecule has 29 heavy (non-hydrogen) atoms. The Labute approximate surface area is 171 Å². The van der Waals surface area contributed by atoms with Crippen LogP contribution in [0, 0.1) is 11.8 Å². The molecule has 2 N–H and O–H groups in total. The van der Waals surface area contributed by atoms with E-state index in [1.165, 1.54) is 0 Å². The van der Waals surface area contributed by atoms with Crippen molar-refractivity contribution in [2.45, 2.75) is 45.6 Å². The third-order valence-corrected chi connectivity index (χ3v) is 5.86. The SMILES string of the molecule is CCOc1ccccc1CNC(=O)C1CCC(Cc2nc3ccccc3[nH]2)CC1. The van der Waals surface area contributed by atoms with Crippen LogP contribution in [0.25, 0.3) is 11.0 Å². The molecule has 0 radical (unpaired) electrons. The molecule has 1 aromatic heterocycles. The summed E-state index contributed by atoms with van der Waals surface area (Å²) < 4.78 is 5.65. The number of fused-ring (bicyclic) bond motifs is 1. The molecule has 4 rings (SSSR count). The van der Waals surface area contributed by atoms with E-state index in [4.69, 9.17) is 9.72 Å². The summed E-state index contributed by atoms with van der Waals surface area (Å²) >= 11 is 0. The van der Waals surface area contributed by atoms with E-state index in [9.17, 15) is 4.79 Å². The Kier molecular flexibility index (Phi) is 6.13. The molecule has 0 aliphatic heterocycles. The molecule has 0 saturated heterocycles. The lowest BCUT2D eigenvalue weighted by Gasteiger charge is -2.27. The topological polar surface area (TPSA) is 67.0 Å². The van der Waals surface area contributed by atoms with Crippen molar-refractivity contribution in [3.63, 3.8) is 0 Å². The third kappa shape index (κ3) is 4.78. The van der Waals surface area contributed by atoms with Crippen molar-refractivity contribution < 1.29 is 9.53 Å². The van der Waals surface area contributed by atoms with Crippen LogP contribution in [0.1, 0.15) is 44.0 Å². The number of hydrogen-bond donors (Lipinski definition) is 2. The summed E-state index contributed by atoms with van der Waals surface area (Å²) in [6, 6.07) is 16.1. The maximum absolute atomic E-state index is 12.7. The number of amides is 1. The lowest BCUT2D eigenvalue weighted by Crippen LogP contribution is -2.33. The lowest BCUT2D eigenvalue weighted by molar-refractivity contribution is -0.126. The Balaban J connectivity index is 1.26. The first kappa shape index (κ1) is 19.5. The standard InChI is InChI=1S/C24H29N3O2/c1-2-29-22-10-6-3-7-19(22)16-25-24(28)18-13-11-17(12-14-18)15-23-26-20-8-4-5-9-21(20)27-23/h3-10,17-18H,2,11-16H2,1H3,(H,25,28)(H,26,27). The summed E-state index contributed by atoms with van der Waals surface area (Å²) in [6.07, 6.45) is 5.01. The highest BCUT2D eigenvalue weighted by Crippen LogP contribution is 2.31. The molecule has 1 aliphatic rings. The van der Waals surface area contributed by atoms with Gasteiger partial charge in [-0.1, -0.05) is 30.3 Å². The normalized spacial score (nSPS) is 19.2. The summed E-state index contributed by atoms with van der Waals surface area (Å²) in [6.45, 7) is 3.12. The minimum Gasteiger partial charge on any atom is -0.494 e. The van der Waals surface area contributed by atoms with Gasteiger partial charge in [0.05, 0.1) is 17.6 Å². The van der Waals surface area contributed by atoms with Crippen LogP contribution in [0.2, 0.25) is 0 Å². The van der Waals surface area contributed by atoms with Gasteiger partial charge in [-0.2, -0.15) is 0 Å². The minimum atomic E-state index is 0.112. The molecule has 0 spiro atoms. The number of para-hydroxylation sites is 3. The number of carbonyl (C=O) groups excluding carboxylic acids is 1. The predicted molar refractivity (Wildman–Crippen MR) is 115 cm³/mol. The van der Waals surface area contributed by atoms with E-state index in [1.807, 2.05) is 49.4 Å². The molecular weight excluding hydrogens is 362 g/mol. The van der Waals surface area contributed by atoms with E-state index in [1.54, 1.807) is 0 Å². The molecular formula is C24H29N3O2. The number of nitrogens with zero attached hydrogens (tertiary/aromatic N) is 1. The van der Waals surface area contributed by atoms with E-state index >= 15 is 0 Å². The molecule has 0 unspecified atom stereocenters. The summed E-state index contributed by atoms with van der Waals surface area (Å²) in [5, 5.41) is 3.11. The van der Waals surface area contributed by atoms with Gasteiger partial charge in [0.15, 0.2) is 0 Å². The van der Waals surface area contributed by atoms with Gasteiger partial charge in [0.1, 0.15) is 11.6 Å². The Bertz CT molecular complexity index is 924. The predicted octanol–water partition coefficient (Wildman–Crippen LogP) is 4.63. The van der Waals surface area contributed by atoms with E-state index in [2.05, 4.69) is 16.4 Å². The van der Waals surface area contributed by atoms with Crippen LogP contribution in [0.3, 0.4) is 0 Å². The average Bonchev–Trinajstić information content (AvgIpc) is 3.16. The fourth-order valence-corrected chi connectivity index (χ4v) is 4.28. The number of aromatic amines is 1. The molecule has 1 aliphatic carbocycles. The number of imidazole rings is 1. The van der Waals surface area contributed by atoms with E-state index < -0.39 is 0 Å². The zero-order valence-electron chi connectivity index (χ0n) is 17.0. The van der Waals surface area contributed by atoms with Gasteiger partial charge in [-0.05, 0) is 56.7 Å². The summed E-state index contributed by atoms with van der Waals surface area (Å²) in [7, 11) is 0. The second-order valence-electron chi connectivity index (χ2n) is 7.88. The number of rotatable bonds is 7. The molecule has 2 aromatic carbocycles. The fourth-order valence-electron chi connectivity index (χ4n) is 4.28. The molecule has 5 heteroatoms.